The molecule has 7 heterocycles. The minimum absolute atomic E-state index is 0.0345. The zero-order valence-electron chi connectivity index (χ0n) is 31.7. The first-order valence-corrected chi connectivity index (χ1v) is 22.4. The highest BCUT2D eigenvalue weighted by atomic mass is 31.2. The molecule has 35 heteroatoms. The number of phosphoric ester groups is 3. The van der Waals surface area contributed by atoms with Crippen LogP contribution in [0.2, 0.25) is 0 Å². The SMILES string of the molecule is Nc1ccn([C@@H]2O[C@H](COP(=O)(O)O)[C@@H](OP(=O)(O)OC[C@H]3O[C@@H](n4ccc(N)nc4=O)[C@H](O)[C@@H]3OP(=O)(O)OC[C@H]3O[C@@H](n4cnc5c(N)ncnc54)[C@H](O)[C@@H]3N)[C@H]2O)c(=O)n1. The first-order chi connectivity index (χ1) is 29.5. The highest BCUT2D eigenvalue weighted by Crippen LogP contribution is 2.52. The van der Waals surface area contributed by atoms with Gasteiger partial charge in [0, 0.05) is 12.4 Å². The van der Waals surface area contributed by atoms with E-state index in [9.17, 15) is 58.2 Å². The van der Waals surface area contributed by atoms with Crippen molar-refractivity contribution in [3.63, 3.8) is 0 Å². The molecule has 32 nitrogen and oxygen atoms in total. The number of hydrogen-bond donors (Lipinski definition) is 11. The smallest absolute Gasteiger partial charge is 0.387 e. The number of anilines is 3. The maximum atomic E-state index is 13.4. The summed E-state index contributed by atoms with van der Waals surface area (Å²) in [5.74, 6) is -0.420. The molecule has 3 fully saturated rings. The summed E-state index contributed by atoms with van der Waals surface area (Å²) < 4.78 is 83.1. The molecule has 0 radical (unpaired) electrons. The topological polar surface area (TPSA) is 484 Å². The van der Waals surface area contributed by atoms with E-state index in [0.29, 0.717) is 9.13 Å². The van der Waals surface area contributed by atoms with Crippen LogP contribution in [0.4, 0.5) is 17.5 Å². The number of imidazole rings is 1. The standard InChI is InChI=1S/C28H39N12O20P3/c29-13-1-3-38(27(44)36-13)25-18(42)20(11(57-25)6-53-61(46,47)48)59-63(51,52)55-7-12-21(19(43)26(58-12)39-4-2-14(30)37-28(39)45)60-62(49,50)54-5-10-15(31)17(41)24(56-10)40-9-35-16-22(32)33-8-34-23(16)40/h1-4,8-12,15,17-21,24-26,41-43H,5-7,31H2,(H,49,50)(H,51,52)(H2,29,36,44)(H2,30,37,45)(H2,32,33,34)(H2,46,47,48)/t10-,11-,12-,15-,17-,18-,19-,20-,21-,24-,25-,26-/m1/s1. The minimum atomic E-state index is -5.53. The molecule has 4 aromatic heterocycles. The van der Waals surface area contributed by atoms with Gasteiger partial charge in [-0.2, -0.15) is 9.97 Å². The molecule has 0 saturated carbocycles. The van der Waals surface area contributed by atoms with Gasteiger partial charge < -0.3 is 72.0 Å². The highest BCUT2D eigenvalue weighted by molar-refractivity contribution is 7.47. The highest BCUT2D eigenvalue weighted by Gasteiger charge is 2.53. The first-order valence-electron chi connectivity index (χ1n) is 17.9. The van der Waals surface area contributed by atoms with Gasteiger partial charge in [0.25, 0.3) is 0 Å². The summed E-state index contributed by atoms with van der Waals surface area (Å²) in [6, 6.07) is 1.03. The Balaban J connectivity index is 1.07. The van der Waals surface area contributed by atoms with Crippen molar-refractivity contribution < 1.29 is 85.4 Å². The average molecular weight is 957 g/mol. The number of nitrogen functional groups attached to an aromatic ring is 3. The van der Waals surface area contributed by atoms with E-state index >= 15 is 0 Å². The second-order valence-electron chi connectivity index (χ2n) is 13.9. The van der Waals surface area contributed by atoms with Crippen molar-refractivity contribution in [1.82, 2.24) is 38.6 Å². The number of aliphatic hydroxyl groups is 3. The van der Waals surface area contributed by atoms with Crippen molar-refractivity contribution in [2.75, 3.05) is 37.0 Å². The van der Waals surface area contributed by atoms with E-state index in [1.807, 2.05) is 0 Å². The normalized spacial score (nSPS) is 31.9. The van der Waals surface area contributed by atoms with Gasteiger partial charge in [-0.15, -0.1) is 0 Å². The van der Waals surface area contributed by atoms with Crippen molar-refractivity contribution in [3.05, 3.63) is 58.1 Å². The molecule has 2 unspecified atom stereocenters. The Morgan fingerprint density at radius 1 is 0.651 bits per heavy atom. The van der Waals surface area contributed by atoms with Crippen molar-refractivity contribution in [3.8, 4) is 0 Å². The molecule has 3 aliphatic rings. The Morgan fingerprint density at radius 3 is 1.60 bits per heavy atom. The average Bonchev–Trinajstić information content (AvgIpc) is 3.92. The van der Waals surface area contributed by atoms with Crippen LogP contribution >= 0.6 is 23.5 Å². The number of fused-ring (bicyclic) bond motifs is 1. The molecule has 3 saturated heterocycles. The maximum absolute atomic E-state index is 13.4. The fourth-order valence-electron chi connectivity index (χ4n) is 6.74. The largest absolute Gasteiger partial charge is 0.472 e. The quantitative estimate of drug-likeness (QED) is 0.0470. The van der Waals surface area contributed by atoms with Crippen LogP contribution in [0.1, 0.15) is 18.7 Å². The molecular formula is C28H39N12O20P3. The van der Waals surface area contributed by atoms with Gasteiger partial charge in [-0.25, -0.2) is 38.2 Å². The molecule has 346 valence electrons. The van der Waals surface area contributed by atoms with Gasteiger partial charge in [-0.05, 0) is 12.1 Å². The Bertz CT molecular complexity index is 2580. The molecule has 0 amide bonds. The lowest BCUT2D eigenvalue weighted by atomic mass is 10.1. The van der Waals surface area contributed by atoms with Crippen molar-refractivity contribution in [2.24, 2.45) is 5.73 Å². The Hall–Kier alpha value is -4.24. The summed E-state index contributed by atoms with van der Waals surface area (Å²) in [7, 11) is -16.1. The fourth-order valence-corrected chi connectivity index (χ4v) is 9.01. The fraction of sp³-hybridized carbons (Fsp3) is 0.536. The Kier molecular flexibility index (Phi) is 13.3. The number of nitrogens with two attached hydrogens (primary N) is 4. The number of aromatic nitrogens is 8. The molecule has 63 heavy (non-hydrogen) atoms. The van der Waals surface area contributed by atoms with Gasteiger partial charge in [0.2, 0.25) is 0 Å². The van der Waals surface area contributed by atoms with Crippen molar-refractivity contribution >= 4 is 52.1 Å². The van der Waals surface area contributed by atoms with Crippen LogP contribution in [-0.2, 0) is 50.5 Å². The summed E-state index contributed by atoms with van der Waals surface area (Å²) >= 11 is 0. The Morgan fingerprint density at radius 2 is 1.11 bits per heavy atom. The predicted octanol–water partition coefficient (Wildman–Crippen LogP) is -4.70. The van der Waals surface area contributed by atoms with Crippen LogP contribution in [-0.4, -0.2) is 148 Å². The zero-order valence-corrected chi connectivity index (χ0v) is 34.4. The van der Waals surface area contributed by atoms with Crippen LogP contribution < -0.4 is 34.3 Å². The van der Waals surface area contributed by atoms with E-state index < -0.39 is 128 Å². The molecule has 0 aliphatic carbocycles. The minimum Gasteiger partial charge on any atom is -0.387 e. The third-order valence-corrected chi connectivity index (χ3v) is 12.1. The number of rotatable bonds is 16. The zero-order chi connectivity index (χ0) is 45.8. The van der Waals surface area contributed by atoms with Crippen LogP contribution in [0.25, 0.3) is 11.2 Å². The summed E-state index contributed by atoms with van der Waals surface area (Å²) in [6.45, 7) is -3.06. The van der Waals surface area contributed by atoms with Gasteiger partial charge in [-0.3, -0.25) is 36.3 Å². The molecule has 4 aromatic rings. The van der Waals surface area contributed by atoms with E-state index in [2.05, 4.69) is 29.4 Å². The van der Waals surface area contributed by atoms with Gasteiger partial charge in [0.1, 0.15) is 72.3 Å². The number of hydrogen-bond acceptors (Lipinski definition) is 25. The van der Waals surface area contributed by atoms with Crippen LogP contribution in [0, 0.1) is 0 Å². The monoisotopic (exact) mass is 956 g/mol. The van der Waals surface area contributed by atoms with Crippen molar-refractivity contribution in [1.29, 1.82) is 0 Å². The molecular weight excluding hydrogens is 917 g/mol. The van der Waals surface area contributed by atoms with Gasteiger partial charge >= 0.3 is 34.8 Å². The summed E-state index contributed by atoms with van der Waals surface area (Å²) in [4.78, 5) is 84.4. The number of phosphoric acid groups is 3. The second-order valence-corrected chi connectivity index (χ2v) is 17.9. The number of nitrogens with zero attached hydrogens (tertiary/aromatic N) is 8. The second kappa shape index (κ2) is 18.0. The third-order valence-electron chi connectivity index (χ3n) is 9.68. The van der Waals surface area contributed by atoms with E-state index in [0.717, 1.165) is 30.9 Å². The molecule has 0 bridgehead atoms. The Labute approximate surface area is 350 Å². The van der Waals surface area contributed by atoms with E-state index in [1.54, 1.807) is 0 Å². The van der Waals surface area contributed by atoms with Crippen LogP contribution in [0.15, 0.2) is 46.8 Å². The van der Waals surface area contributed by atoms with E-state index in [-0.39, 0.29) is 28.6 Å². The third kappa shape index (κ3) is 10.2. The lowest BCUT2D eigenvalue weighted by Crippen LogP contribution is -2.41. The molecule has 0 spiro atoms. The van der Waals surface area contributed by atoms with Gasteiger partial charge in [0.15, 0.2) is 30.1 Å². The van der Waals surface area contributed by atoms with Gasteiger partial charge in [-0.1, -0.05) is 0 Å². The molecule has 14 atom stereocenters. The van der Waals surface area contributed by atoms with E-state index in [1.165, 1.54) is 10.9 Å². The number of aliphatic hydroxyl groups excluding tert-OH is 3. The molecule has 3 aliphatic heterocycles. The predicted molar refractivity (Wildman–Crippen MR) is 203 cm³/mol. The summed E-state index contributed by atoms with van der Waals surface area (Å²) in [5, 5.41) is 33.3. The van der Waals surface area contributed by atoms with Gasteiger partial charge in [0.05, 0.1) is 32.2 Å². The summed E-state index contributed by atoms with van der Waals surface area (Å²) in [6.07, 6.45) is -14.9. The molecule has 15 N–H and O–H groups in total. The lowest BCUT2D eigenvalue weighted by molar-refractivity contribution is -0.0624. The van der Waals surface area contributed by atoms with Crippen LogP contribution in [0.3, 0.4) is 0 Å². The molecule has 0 aromatic carbocycles. The molecule has 7 rings (SSSR count). The maximum Gasteiger partial charge on any atom is 0.472 e. The summed E-state index contributed by atoms with van der Waals surface area (Å²) in [5.41, 5.74) is 21.3. The first kappa shape index (κ1) is 46.7. The number of ether oxygens (including phenoxy) is 3. The van der Waals surface area contributed by atoms with E-state index in [4.69, 9.17) is 55.2 Å². The lowest BCUT2D eigenvalue weighted by Gasteiger charge is -2.26. The van der Waals surface area contributed by atoms with Crippen LogP contribution in [0.5, 0.6) is 0 Å². The van der Waals surface area contributed by atoms with Crippen molar-refractivity contribution in [2.45, 2.75) is 73.6 Å².